The van der Waals surface area contributed by atoms with E-state index in [0.29, 0.717) is 11.3 Å². The predicted molar refractivity (Wildman–Crippen MR) is 76.5 cm³/mol. The van der Waals surface area contributed by atoms with Crippen molar-refractivity contribution < 1.29 is 18.0 Å². The van der Waals surface area contributed by atoms with E-state index in [4.69, 9.17) is 0 Å². The summed E-state index contributed by atoms with van der Waals surface area (Å²) >= 11 is 0. The number of carbonyl (C=O) groups excluding carboxylic acids is 2. The van der Waals surface area contributed by atoms with Crippen LogP contribution in [-0.2, 0) is 14.6 Å². The van der Waals surface area contributed by atoms with Gasteiger partial charge in [-0.2, -0.15) is 0 Å². The summed E-state index contributed by atoms with van der Waals surface area (Å²) in [6.45, 7) is 0. The lowest BCUT2D eigenvalue weighted by molar-refractivity contribution is -0.115. The summed E-state index contributed by atoms with van der Waals surface area (Å²) in [5.74, 6) is -0.196. The summed E-state index contributed by atoms with van der Waals surface area (Å²) in [4.78, 5) is 23.4. The number of anilines is 1. The number of carbonyl (C=O) groups is 2. The number of benzene rings is 1. The molecule has 0 saturated heterocycles. The smallest absolute Gasteiger partial charge is 0.225 e. The molecular formula is C14H17NO4S. The molecule has 1 N–H and O–H groups in total. The second-order valence-electron chi connectivity index (χ2n) is 5.14. The van der Waals surface area contributed by atoms with Gasteiger partial charge >= 0.3 is 0 Å². The van der Waals surface area contributed by atoms with Crippen LogP contribution < -0.4 is 5.32 Å². The first kappa shape index (κ1) is 14.7. The fourth-order valence-corrected chi connectivity index (χ4v) is 2.36. The number of rotatable bonds is 6. The second kappa shape index (κ2) is 5.75. The highest BCUT2D eigenvalue weighted by molar-refractivity contribution is 7.90. The Hall–Kier alpha value is -1.69. The molecule has 0 spiro atoms. The average Bonchev–Trinajstić information content (AvgIpc) is 3.20. The Morgan fingerprint density at radius 3 is 2.30 bits per heavy atom. The van der Waals surface area contributed by atoms with E-state index in [1.54, 1.807) is 24.3 Å². The number of ketones is 1. The van der Waals surface area contributed by atoms with E-state index in [1.807, 2.05) is 0 Å². The van der Waals surface area contributed by atoms with Crippen molar-refractivity contribution >= 4 is 27.2 Å². The molecule has 108 valence electrons. The second-order valence-corrected chi connectivity index (χ2v) is 7.40. The van der Waals surface area contributed by atoms with Crippen molar-refractivity contribution in [3.05, 3.63) is 29.8 Å². The molecule has 1 fully saturated rings. The van der Waals surface area contributed by atoms with Crippen molar-refractivity contribution in [1.29, 1.82) is 0 Å². The van der Waals surface area contributed by atoms with Gasteiger partial charge in [-0.1, -0.05) is 0 Å². The molecule has 0 radical (unpaired) electrons. The maximum absolute atomic E-state index is 11.8. The van der Waals surface area contributed by atoms with Crippen LogP contribution in [0.4, 0.5) is 5.69 Å². The Labute approximate surface area is 118 Å². The summed E-state index contributed by atoms with van der Waals surface area (Å²) < 4.78 is 21.9. The lowest BCUT2D eigenvalue weighted by Gasteiger charge is -2.06. The highest BCUT2D eigenvalue weighted by Gasteiger charge is 2.30. The topological polar surface area (TPSA) is 80.3 Å². The van der Waals surface area contributed by atoms with E-state index in [9.17, 15) is 18.0 Å². The van der Waals surface area contributed by atoms with E-state index in [1.165, 1.54) is 0 Å². The number of hydrogen-bond acceptors (Lipinski definition) is 4. The van der Waals surface area contributed by atoms with E-state index in [-0.39, 0.29) is 29.8 Å². The highest BCUT2D eigenvalue weighted by Crippen LogP contribution is 2.32. The van der Waals surface area contributed by atoms with Crippen molar-refractivity contribution in [3.63, 3.8) is 0 Å². The van der Waals surface area contributed by atoms with Gasteiger partial charge in [-0.25, -0.2) is 8.42 Å². The van der Waals surface area contributed by atoms with Crippen molar-refractivity contribution in [3.8, 4) is 0 Å². The molecule has 0 unspecified atom stereocenters. The predicted octanol–water partition coefficient (Wildman–Crippen LogP) is 1.65. The van der Waals surface area contributed by atoms with Gasteiger partial charge in [0, 0.05) is 29.8 Å². The molecule has 0 bridgehead atoms. The summed E-state index contributed by atoms with van der Waals surface area (Å²) in [6.07, 6.45) is 2.95. The normalized spacial score (nSPS) is 14.8. The van der Waals surface area contributed by atoms with Crippen LogP contribution in [0.2, 0.25) is 0 Å². The molecule has 1 aromatic rings. The molecule has 1 saturated carbocycles. The number of hydrogen-bond donors (Lipinski definition) is 1. The molecule has 1 aliphatic carbocycles. The quantitative estimate of drug-likeness (QED) is 0.809. The minimum absolute atomic E-state index is 0.0679. The monoisotopic (exact) mass is 295 g/mol. The molecule has 1 aliphatic rings. The van der Waals surface area contributed by atoms with E-state index >= 15 is 0 Å². The van der Waals surface area contributed by atoms with Crippen molar-refractivity contribution in [2.75, 3.05) is 17.3 Å². The molecule has 6 heteroatoms. The number of nitrogens with one attached hydrogen (secondary N) is 1. The fourth-order valence-electron chi connectivity index (χ4n) is 1.80. The molecule has 2 rings (SSSR count). The molecule has 0 atom stereocenters. The zero-order chi connectivity index (χ0) is 14.8. The van der Waals surface area contributed by atoms with Gasteiger partial charge in [-0.15, -0.1) is 0 Å². The third-order valence-electron chi connectivity index (χ3n) is 3.10. The van der Waals surface area contributed by atoms with Crippen molar-refractivity contribution in [2.24, 2.45) is 5.92 Å². The summed E-state index contributed by atoms with van der Waals surface area (Å²) in [6, 6.07) is 6.70. The van der Waals surface area contributed by atoms with Crippen LogP contribution in [0.5, 0.6) is 0 Å². The molecule has 0 heterocycles. The van der Waals surface area contributed by atoms with Gasteiger partial charge in [0.25, 0.3) is 0 Å². The largest absolute Gasteiger partial charge is 0.326 e. The molecular weight excluding hydrogens is 278 g/mol. The highest BCUT2D eigenvalue weighted by atomic mass is 32.2. The Balaban J connectivity index is 1.90. The lowest BCUT2D eigenvalue weighted by Crippen LogP contribution is -2.16. The maximum atomic E-state index is 11.8. The SMILES string of the molecule is CS(=O)(=O)CCC(=O)Nc1ccc(C(=O)C2CC2)cc1. The van der Waals surface area contributed by atoms with Gasteiger partial charge < -0.3 is 5.32 Å². The van der Waals surface area contributed by atoms with Gasteiger partial charge in [-0.3, -0.25) is 9.59 Å². The van der Waals surface area contributed by atoms with Crippen LogP contribution >= 0.6 is 0 Å². The summed E-state index contributed by atoms with van der Waals surface area (Å²) in [5, 5.41) is 2.61. The van der Waals surface area contributed by atoms with E-state index in [0.717, 1.165) is 19.1 Å². The number of sulfone groups is 1. The van der Waals surface area contributed by atoms with Crippen LogP contribution in [-0.4, -0.2) is 32.1 Å². The standard InChI is InChI=1S/C14H17NO4S/c1-20(18,19)9-8-13(16)15-12-6-4-11(5-7-12)14(17)10-2-3-10/h4-7,10H,2-3,8-9H2,1H3,(H,15,16). The van der Waals surface area contributed by atoms with Crippen LogP contribution in [0.1, 0.15) is 29.6 Å². The minimum Gasteiger partial charge on any atom is -0.326 e. The van der Waals surface area contributed by atoms with Gasteiger partial charge in [-0.05, 0) is 37.1 Å². The fraction of sp³-hybridized carbons (Fsp3) is 0.429. The Bertz CT molecular complexity index is 615. The van der Waals surface area contributed by atoms with Crippen LogP contribution in [0, 0.1) is 5.92 Å². The number of Topliss-reactive ketones (excluding diaryl/α,β-unsaturated/α-hetero) is 1. The van der Waals surface area contributed by atoms with E-state index in [2.05, 4.69) is 5.32 Å². The lowest BCUT2D eigenvalue weighted by atomic mass is 10.1. The first-order valence-electron chi connectivity index (χ1n) is 6.47. The van der Waals surface area contributed by atoms with Crippen molar-refractivity contribution in [2.45, 2.75) is 19.3 Å². The molecule has 5 nitrogen and oxygen atoms in total. The van der Waals surface area contributed by atoms with Crippen LogP contribution in [0.25, 0.3) is 0 Å². The Morgan fingerprint density at radius 2 is 1.80 bits per heavy atom. The van der Waals surface area contributed by atoms with Crippen LogP contribution in [0.3, 0.4) is 0 Å². The number of amides is 1. The summed E-state index contributed by atoms with van der Waals surface area (Å²) in [5.41, 5.74) is 1.22. The van der Waals surface area contributed by atoms with Gasteiger partial charge in [0.1, 0.15) is 9.84 Å². The van der Waals surface area contributed by atoms with Gasteiger partial charge in [0.05, 0.1) is 5.75 Å². The van der Waals surface area contributed by atoms with E-state index < -0.39 is 9.84 Å². The zero-order valence-corrected chi connectivity index (χ0v) is 12.1. The average molecular weight is 295 g/mol. The molecule has 0 aromatic heterocycles. The first-order valence-corrected chi connectivity index (χ1v) is 8.53. The Morgan fingerprint density at radius 1 is 1.20 bits per heavy atom. The van der Waals surface area contributed by atoms with Crippen molar-refractivity contribution in [1.82, 2.24) is 0 Å². The Kier molecular flexibility index (Phi) is 4.23. The molecule has 1 aromatic carbocycles. The summed E-state index contributed by atoms with van der Waals surface area (Å²) in [7, 11) is -3.14. The third kappa shape index (κ3) is 4.45. The molecule has 20 heavy (non-hydrogen) atoms. The zero-order valence-electron chi connectivity index (χ0n) is 11.3. The van der Waals surface area contributed by atoms with Crippen LogP contribution in [0.15, 0.2) is 24.3 Å². The van der Waals surface area contributed by atoms with Gasteiger partial charge in [0.15, 0.2) is 5.78 Å². The molecule has 0 aliphatic heterocycles. The molecule has 1 amide bonds. The minimum atomic E-state index is -3.14. The maximum Gasteiger partial charge on any atom is 0.225 e. The first-order chi connectivity index (χ1) is 9.35. The van der Waals surface area contributed by atoms with Gasteiger partial charge in [0.2, 0.25) is 5.91 Å². The third-order valence-corrected chi connectivity index (χ3v) is 4.05.